The molecule has 162 valence electrons. The summed E-state index contributed by atoms with van der Waals surface area (Å²) in [6.45, 7) is 0.405. The fourth-order valence-electron chi connectivity index (χ4n) is 3.10. The van der Waals surface area contributed by atoms with Crippen LogP contribution in [0.25, 0.3) is 6.08 Å². The molecule has 3 aromatic carbocycles. The third-order valence-electron chi connectivity index (χ3n) is 4.63. The topological polar surface area (TPSA) is 29.5 Å². The molecule has 1 fully saturated rings. The number of carbonyl (C=O) groups excluding carboxylic acids is 1. The fraction of sp³-hybridized carbons (Fsp3) is 0.0833. The van der Waals surface area contributed by atoms with Gasteiger partial charge in [0.1, 0.15) is 12.4 Å². The van der Waals surface area contributed by atoms with Gasteiger partial charge >= 0.3 is 6.18 Å². The Kier molecular flexibility index (Phi) is 6.34. The van der Waals surface area contributed by atoms with Gasteiger partial charge in [-0.3, -0.25) is 9.69 Å². The fourth-order valence-corrected chi connectivity index (χ4v) is 4.40. The lowest BCUT2D eigenvalue weighted by Gasteiger charge is -2.16. The zero-order valence-corrected chi connectivity index (χ0v) is 18.1. The quantitative estimate of drug-likeness (QED) is 0.306. The molecule has 3 nitrogen and oxygen atoms in total. The van der Waals surface area contributed by atoms with Crippen LogP contribution in [-0.2, 0) is 17.6 Å². The number of ether oxygens (including phenoxy) is 1. The van der Waals surface area contributed by atoms with Crippen LogP contribution >= 0.6 is 24.0 Å². The largest absolute Gasteiger partial charge is 0.489 e. The van der Waals surface area contributed by atoms with Crippen LogP contribution in [0.3, 0.4) is 0 Å². The summed E-state index contributed by atoms with van der Waals surface area (Å²) >= 11 is 6.32. The van der Waals surface area contributed by atoms with E-state index in [1.165, 1.54) is 12.1 Å². The summed E-state index contributed by atoms with van der Waals surface area (Å²) < 4.78 is 45.2. The van der Waals surface area contributed by atoms with Crippen LogP contribution < -0.4 is 9.64 Å². The molecule has 32 heavy (non-hydrogen) atoms. The van der Waals surface area contributed by atoms with Crippen molar-refractivity contribution in [2.24, 2.45) is 0 Å². The van der Waals surface area contributed by atoms with Crippen molar-refractivity contribution >= 4 is 46.0 Å². The van der Waals surface area contributed by atoms with Gasteiger partial charge in [-0.1, -0.05) is 72.5 Å². The minimum absolute atomic E-state index is 0.0886. The van der Waals surface area contributed by atoms with E-state index in [-0.39, 0.29) is 10.0 Å². The van der Waals surface area contributed by atoms with Crippen LogP contribution in [0.5, 0.6) is 5.75 Å². The molecule has 8 heteroatoms. The summed E-state index contributed by atoms with van der Waals surface area (Å²) in [5, 5.41) is 0. The summed E-state index contributed by atoms with van der Waals surface area (Å²) in [7, 11) is 0. The predicted octanol–water partition coefficient (Wildman–Crippen LogP) is 6.69. The molecule has 0 radical (unpaired) electrons. The van der Waals surface area contributed by atoms with Gasteiger partial charge in [0.25, 0.3) is 5.91 Å². The highest BCUT2D eigenvalue weighted by atomic mass is 32.2. The van der Waals surface area contributed by atoms with Gasteiger partial charge in [0.05, 0.1) is 16.2 Å². The zero-order valence-electron chi connectivity index (χ0n) is 16.5. The van der Waals surface area contributed by atoms with Crippen LogP contribution in [-0.4, -0.2) is 10.2 Å². The van der Waals surface area contributed by atoms with Crippen LogP contribution in [0.2, 0.25) is 0 Å². The van der Waals surface area contributed by atoms with Crippen molar-refractivity contribution in [2.45, 2.75) is 12.8 Å². The molecule has 1 amide bonds. The average molecular weight is 472 g/mol. The SMILES string of the molecule is O=C1/C(=C/c2cccc(OCc3ccccc3)c2)SC(=S)N1c1cccc(C(F)(F)F)c1. The highest BCUT2D eigenvalue weighted by Crippen LogP contribution is 2.38. The molecule has 3 aromatic rings. The first-order chi connectivity index (χ1) is 15.3. The molecule has 0 spiro atoms. The minimum atomic E-state index is -4.51. The molecule has 1 heterocycles. The Morgan fingerprint density at radius 1 is 0.969 bits per heavy atom. The second-order valence-corrected chi connectivity index (χ2v) is 8.59. The summed E-state index contributed by atoms with van der Waals surface area (Å²) in [6, 6.07) is 21.5. The number of hydrogen-bond acceptors (Lipinski definition) is 4. The first kappa shape index (κ1) is 22.1. The van der Waals surface area contributed by atoms with Gasteiger partial charge in [-0.25, -0.2) is 0 Å². The van der Waals surface area contributed by atoms with E-state index < -0.39 is 17.6 Å². The van der Waals surface area contributed by atoms with Gasteiger partial charge in [0, 0.05) is 0 Å². The monoisotopic (exact) mass is 471 g/mol. The van der Waals surface area contributed by atoms with Crippen molar-refractivity contribution in [3.63, 3.8) is 0 Å². The summed E-state index contributed by atoms with van der Waals surface area (Å²) in [5.74, 6) is 0.172. The number of halogens is 3. The number of alkyl halides is 3. The van der Waals surface area contributed by atoms with Crippen LogP contribution in [0, 0.1) is 0 Å². The van der Waals surface area contributed by atoms with Crippen molar-refractivity contribution in [3.05, 3.63) is 100 Å². The lowest BCUT2D eigenvalue weighted by molar-refractivity contribution is -0.137. The van der Waals surface area contributed by atoms with Gasteiger partial charge in [0.15, 0.2) is 4.32 Å². The van der Waals surface area contributed by atoms with E-state index in [0.717, 1.165) is 39.9 Å². The maximum absolute atomic E-state index is 13.1. The predicted molar refractivity (Wildman–Crippen MR) is 124 cm³/mol. The maximum Gasteiger partial charge on any atom is 0.416 e. The van der Waals surface area contributed by atoms with Crippen molar-refractivity contribution in [2.75, 3.05) is 4.90 Å². The van der Waals surface area contributed by atoms with E-state index >= 15 is 0 Å². The number of carbonyl (C=O) groups is 1. The molecule has 0 bridgehead atoms. The molecule has 1 aliphatic heterocycles. The molecule has 1 saturated heterocycles. The molecule has 0 aromatic heterocycles. The van der Waals surface area contributed by atoms with Crippen molar-refractivity contribution in [1.82, 2.24) is 0 Å². The number of thioether (sulfide) groups is 1. The molecule has 4 rings (SSSR count). The molecular weight excluding hydrogens is 455 g/mol. The molecule has 1 aliphatic rings. The van der Waals surface area contributed by atoms with E-state index in [1.54, 1.807) is 18.2 Å². The smallest absolute Gasteiger partial charge is 0.416 e. The lowest BCUT2D eigenvalue weighted by Crippen LogP contribution is -2.27. The first-order valence-corrected chi connectivity index (χ1v) is 10.8. The first-order valence-electron chi connectivity index (χ1n) is 9.53. The van der Waals surface area contributed by atoms with Crippen LogP contribution in [0.1, 0.15) is 16.7 Å². The van der Waals surface area contributed by atoms with Gasteiger partial charge in [-0.15, -0.1) is 0 Å². The number of thiocarbonyl (C=S) groups is 1. The number of anilines is 1. The van der Waals surface area contributed by atoms with E-state index in [4.69, 9.17) is 17.0 Å². The Labute approximate surface area is 192 Å². The molecular formula is C24H16F3NO2S2. The average Bonchev–Trinajstić information content (AvgIpc) is 3.05. The Balaban J connectivity index is 1.53. The van der Waals surface area contributed by atoms with Crippen LogP contribution in [0.15, 0.2) is 83.8 Å². The van der Waals surface area contributed by atoms with E-state index in [1.807, 2.05) is 42.5 Å². The minimum Gasteiger partial charge on any atom is -0.489 e. The van der Waals surface area contributed by atoms with E-state index in [2.05, 4.69) is 0 Å². The standard InChI is InChI=1S/C24H16F3NO2S2/c25-24(26,27)18-9-5-10-19(14-18)28-22(29)21(32-23(28)31)13-17-8-4-11-20(12-17)30-15-16-6-2-1-3-7-16/h1-14H,15H2/b21-13-. The maximum atomic E-state index is 13.1. The summed E-state index contributed by atoms with van der Waals surface area (Å²) in [6.07, 6.45) is -2.85. The Morgan fingerprint density at radius 3 is 2.47 bits per heavy atom. The second kappa shape index (κ2) is 9.18. The number of nitrogens with zero attached hydrogens (tertiary/aromatic N) is 1. The Hall–Kier alpha value is -3.10. The van der Waals surface area contributed by atoms with Crippen molar-refractivity contribution < 1.29 is 22.7 Å². The van der Waals surface area contributed by atoms with Gasteiger partial charge in [-0.2, -0.15) is 13.2 Å². The Bertz CT molecular complexity index is 1190. The van der Waals surface area contributed by atoms with Gasteiger partial charge < -0.3 is 4.74 Å². The third-order valence-corrected chi connectivity index (χ3v) is 5.93. The Morgan fingerprint density at radius 2 is 1.72 bits per heavy atom. The van der Waals surface area contributed by atoms with E-state index in [0.29, 0.717) is 17.3 Å². The summed E-state index contributed by atoms with van der Waals surface area (Å²) in [4.78, 5) is 14.4. The van der Waals surface area contributed by atoms with Crippen molar-refractivity contribution in [1.29, 1.82) is 0 Å². The number of hydrogen-bond donors (Lipinski definition) is 0. The summed E-state index contributed by atoms with van der Waals surface area (Å²) in [5.41, 5.74) is 1.00. The molecule has 0 aliphatic carbocycles. The second-order valence-electron chi connectivity index (χ2n) is 6.91. The molecule has 0 N–H and O–H groups in total. The molecule has 0 saturated carbocycles. The van der Waals surface area contributed by atoms with Gasteiger partial charge in [-0.05, 0) is 47.5 Å². The van der Waals surface area contributed by atoms with E-state index in [9.17, 15) is 18.0 Å². The van der Waals surface area contributed by atoms with Gasteiger partial charge in [0.2, 0.25) is 0 Å². The third kappa shape index (κ3) is 5.03. The molecule has 0 unspecified atom stereocenters. The number of rotatable bonds is 5. The van der Waals surface area contributed by atoms with Crippen molar-refractivity contribution in [3.8, 4) is 5.75 Å². The highest BCUT2D eigenvalue weighted by Gasteiger charge is 2.36. The lowest BCUT2D eigenvalue weighted by atomic mass is 10.1. The normalized spacial score (nSPS) is 15.5. The number of benzene rings is 3. The number of amides is 1. The molecule has 0 atom stereocenters. The van der Waals surface area contributed by atoms with Crippen LogP contribution in [0.4, 0.5) is 18.9 Å². The highest BCUT2D eigenvalue weighted by molar-refractivity contribution is 8.27. The zero-order chi connectivity index (χ0) is 22.7.